The molecule has 3 N–H and O–H groups in total. The summed E-state index contributed by atoms with van der Waals surface area (Å²) in [4.78, 5) is 9.60. The number of carbonyl (C=O) groups excluding carboxylic acids is 1. The molecule has 3 rings (SSSR count). The fraction of sp³-hybridized carbons (Fsp3) is 0.611. The van der Waals surface area contributed by atoms with Gasteiger partial charge < -0.3 is 15.8 Å². The van der Waals surface area contributed by atoms with E-state index in [4.69, 9.17) is 5.73 Å². The maximum Gasteiger partial charge on any atom is 0.416 e. The number of hydrogen-bond acceptors (Lipinski definition) is 4. The highest BCUT2D eigenvalue weighted by Gasteiger charge is 2.44. The second kappa shape index (κ2) is 6.86. The third kappa shape index (κ3) is 5.36. The number of rotatable bonds is 2. The number of benzene rings is 1. The van der Waals surface area contributed by atoms with Crippen molar-refractivity contribution in [3.8, 4) is 0 Å². The minimum atomic E-state index is -4.28. The van der Waals surface area contributed by atoms with Crippen molar-refractivity contribution in [1.82, 2.24) is 0 Å². The van der Waals surface area contributed by atoms with Crippen LogP contribution in [0.4, 0.5) is 18.9 Å². The molecule has 1 heterocycles. The minimum absolute atomic E-state index is 0.318. The van der Waals surface area contributed by atoms with E-state index in [1.165, 1.54) is 12.1 Å². The van der Waals surface area contributed by atoms with Crippen LogP contribution >= 0.6 is 0 Å². The summed E-state index contributed by atoms with van der Waals surface area (Å²) in [7, 11) is 0. The molecule has 1 fully saturated rings. The van der Waals surface area contributed by atoms with Gasteiger partial charge in [-0.3, -0.25) is 4.79 Å². The van der Waals surface area contributed by atoms with Gasteiger partial charge in [-0.2, -0.15) is 13.2 Å². The fourth-order valence-electron chi connectivity index (χ4n) is 2.80. The number of anilines is 1. The van der Waals surface area contributed by atoms with Crippen molar-refractivity contribution in [3.05, 3.63) is 29.3 Å². The summed E-state index contributed by atoms with van der Waals surface area (Å²) < 4.78 is 42.4. The molecule has 1 aliphatic carbocycles. The average molecular weight is 358 g/mol. The molecule has 1 aliphatic heterocycles. The summed E-state index contributed by atoms with van der Waals surface area (Å²) in [5.41, 5.74) is 6.41. The van der Waals surface area contributed by atoms with Crippen LogP contribution in [-0.4, -0.2) is 17.7 Å². The summed E-state index contributed by atoms with van der Waals surface area (Å²) in [6.07, 6.45) is -0.743. The molecular weight excluding hydrogens is 333 g/mol. The van der Waals surface area contributed by atoms with Crippen LogP contribution in [0.5, 0.6) is 0 Å². The van der Waals surface area contributed by atoms with E-state index < -0.39 is 17.4 Å². The number of nitrogens with one attached hydrogen (secondary N) is 1. The Morgan fingerprint density at radius 1 is 1.28 bits per heavy atom. The van der Waals surface area contributed by atoms with Gasteiger partial charge in [0.05, 0.1) is 11.2 Å². The average Bonchev–Trinajstić information content (AvgIpc) is 3.30. The van der Waals surface area contributed by atoms with Crippen molar-refractivity contribution in [2.45, 2.75) is 63.9 Å². The lowest BCUT2D eigenvalue weighted by atomic mass is 9.89. The molecule has 1 atom stereocenters. The largest absolute Gasteiger partial charge is 0.462 e. The van der Waals surface area contributed by atoms with E-state index in [1.54, 1.807) is 0 Å². The monoisotopic (exact) mass is 358 g/mol. The van der Waals surface area contributed by atoms with Crippen LogP contribution < -0.4 is 11.1 Å². The molecule has 4 nitrogen and oxygen atoms in total. The molecule has 0 amide bonds. The van der Waals surface area contributed by atoms with Gasteiger partial charge in [0, 0.05) is 5.69 Å². The number of ether oxygens (including phenoxy) is 1. The van der Waals surface area contributed by atoms with Crippen LogP contribution in [0.3, 0.4) is 0 Å². The maximum atomic E-state index is 12.6. The Hall–Kier alpha value is -1.76. The first-order valence-corrected chi connectivity index (χ1v) is 8.33. The van der Waals surface area contributed by atoms with E-state index in [0.29, 0.717) is 30.8 Å². The lowest BCUT2D eigenvalue weighted by Crippen LogP contribution is -2.52. The van der Waals surface area contributed by atoms with Crippen LogP contribution in [0.1, 0.15) is 51.2 Å². The number of halogens is 3. The van der Waals surface area contributed by atoms with Crippen molar-refractivity contribution >= 4 is 12.2 Å². The van der Waals surface area contributed by atoms with Gasteiger partial charge in [-0.1, -0.05) is 0 Å². The zero-order valence-electron chi connectivity index (χ0n) is 14.7. The van der Waals surface area contributed by atoms with E-state index >= 15 is 0 Å². The summed E-state index contributed by atoms with van der Waals surface area (Å²) in [5, 5.41) is 3.22. The number of nitrogens with two attached hydrogens (primary N) is 1. The highest BCUT2D eigenvalue weighted by molar-refractivity contribution is 5.57. The number of fused-ring (bicyclic) bond motifs is 1. The molecule has 1 unspecified atom stereocenters. The van der Waals surface area contributed by atoms with Gasteiger partial charge in [-0.05, 0) is 76.1 Å². The maximum absolute atomic E-state index is 12.6. The Balaban J connectivity index is 0.000000277. The molecule has 1 aromatic rings. The highest BCUT2D eigenvalue weighted by atomic mass is 19.4. The second-order valence-electron chi connectivity index (χ2n) is 7.64. The van der Waals surface area contributed by atoms with Gasteiger partial charge in [0.15, 0.2) is 0 Å². The Bertz CT molecular complexity index is 622. The third-order valence-corrected chi connectivity index (χ3v) is 4.32. The summed E-state index contributed by atoms with van der Waals surface area (Å²) in [5.74, 6) is 0.466. The molecule has 0 radical (unpaired) electrons. The van der Waals surface area contributed by atoms with Gasteiger partial charge in [0.25, 0.3) is 6.47 Å². The predicted molar refractivity (Wildman–Crippen MR) is 89.9 cm³/mol. The molecule has 0 aromatic heterocycles. The zero-order chi connectivity index (χ0) is 18.9. The SMILES string of the molecule is CC(C)(C)OC=O.NC1(C2CC2)CCc2cc(C(F)(F)F)ccc2N1. The molecule has 0 spiro atoms. The van der Waals surface area contributed by atoms with Crippen LogP contribution in [-0.2, 0) is 22.1 Å². The van der Waals surface area contributed by atoms with Crippen LogP contribution in [0.2, 0.25) is 0 Å². The van der Waals surface area contributed by atoms with Crippen LogP contribution in [0, 0.1) is 5.92 Å². The Morgan fingerprint density at radius 2 is 1.92 bits per heavy atom. The Kier molecular flexibility index (Phi) is 5.37. The molecule has 2 aliphatic rings. The first-order valence-electron chi connectivity index (χ1n) is 8.33. The Morgan fingerprint density at radius 3 is 2.36 bits per heavy atom. The van der Waals surface area contributed by atoms with Gasteiger partial charge >= 0.3 is 6.18 Å². The standard InChI is InChI=1S/C13H15F3N2.C5H10O2/c14-13(15,16)10-3-4-11-8(7-10)5-6-12(17,18-11)9-1-2-9;1-5(2,3)7-4-6/h3-4,7,9,18H,1-2,5-6,17H2;4H,1-3H3. The van der Waals surface area contributed by atoms with E-state index in [9.17, 15) is 18.0 Å². The van der Waals surface area contributed by atoms with Crippen molar-refractivity contribution in [1.29, 1.82) is 0 Å². The first-order chi connectivity index (χ1) is 11.4. The van der Waals surface area contributed by atoms with Crippen molar-refractivity contribution in [2.24, 2.45) is 11.7 Å². The van der Waals surface area contributed by atoms with Crippen LogP contribution in [0.25, 0.3) is 0 Å². The number of carbonyl (C=O) groups is 1. The number of alkyl halides is 3. The van der Waals surface area contributed by atoms with Crippen molar-refractivity contribution in [3.63, 3.8) is 0 Å². The van der Waals surface area contributed by atoms with Crippen molar-refractivity contribution in [2.75, 3.05) is 5.32 Å². The third-order valence-electron chi connectivity index (χ3n) is 4.32. The lowest BCUT2D eigenvalue weighted by Gasteiger charge is -2.37. The number of aryl methyl sites for hydroxylation is 1. The topological polar surface area (TPSA) is 64.3 Å². The van der Waals surface area contributed by atoms with Gasteiger partial charge in [0.2, 0.25) is 0 Å². The molecule has 0 bridgehead atoms. The molecular formula is C18H25F3N2O2. The highest BCUT2D eigenvalue weighted by Crippen LogP contribution is 2.44. The molecule has 25 heavy (non-hydrogen) atoms. The summed E-state index contributed by atoms with van der Waals surface area (Å²) in [6.45, 7) is 5.92. The van der Waals surface area contributed by atoms with E-state index in [0.717, 1.165) is 24.6 Å². The smallest absolute Gasteiger partial charge is 0.416 e. The quantitative estimate of drug-likeness (QED) is 0.782. The normalized spacial score (nSPS) is 22.8. The molecule has 140 valence electrons. The fourth-order valence-corrected chi connectivity index (χ4v) is 2.80. The Labute approximate surface area is 145 Å². The predicted octanol–water partition coefficient (Wildman–Crippen LogP) is 4.09. The van der Waals surface area contributed by atoms with E-state index in [1.807, 2.05) is 20.8 Å². The molecule has 7 heteroatoms. The minimum Gasteiger partial charge on any atom is -0.462 e. The van der Waals surface area contributed by atoms with Crippen LogP contribution in [0.15, 0.2) is 18.2 Å². The van der Waals surface area contributed by atoms with E-state index in [-0.39, 0.29) is 5.60 Å². The van der Waals surface area contributed by atoms with Gasteiger partial charge in [0.1, 0.15) is 5.60 Å². The number of hydrogen-bond donors (Lipinski definition) is 2. The lowest BCUT2D eigenvalue weighted by molar-refractivity contribution is -0.139. The first kappa shape index (κ1) is 19.6. The second-order valence-corrected chi connectivity index (χ2v) is 7.64. The zero-order valence-corrected chi connectivity index (χ0v) is 14.7. The van der Waals surface area contributed by atoms with E-state index in [2.05, 4.69) is 10.1 Å². The van der Waals surface area contributed by atoms with Gasteiger partial charge in [-0.15, -0.1) is 0 Å². The van der Waals surface area contributed by atoms with Gasteiger partial charge in [-0.25, -0.2) is 0 Å². The summed E-state index contributed by atoms with van der Waals surface area (Å²) in [6, 6.07) is 3.85. The molecule has 1 aromatic carbocycles. The molecule has 1 saturated carbocycles. The molecule has 0 saturated heterocycles. The summed E-state index contributed by atoms with van der Waals surface area (Å²) >= 11 is 0. The van der Waals surface area contributed by atoms with Crippen molar-refractivity contribution < 1.29 is 22.7 Å².